The summed E-state index contributed by atoms with van der Waals surface area (Å²) in [6.07, 6.45) is 0. The van der Waals surface area contributed by atoms with Crippen molar-refractivity contribution in [1.29, 1.82) is 0 Å². The Balaban J connectivity index is 2.06. The number of amides is 2. The van der Waals surface area contributed by atoms with E-state index in [-0.39, 0.29) is 17.3 Å². The average molecular weight is 550 g/mol. The average Bonchev–Trinajstić information content (AvgIpc) is 2.86. The first-order chi connectivity index (χ1) is 18.2. The molecular weight excluding hydrogens is 510 g/mol. The Bertz CT molecular complexity index is 1430. The molecule has 0 aliphatic heterocycles. The lowest BCUT2D eigenvalue weighted by Crippen LogP contribution is -2.54. The summed E-state index contributed by atoms with van der Waals surface area (Å²) in [5.74, 6) is -0.790. The lowest BCUT2D eigenvalue weighted by Gasteiger charge is -2.34. The molecule has 0 spiro atoms. The van der Waals surface area contributed by atoms with E-state index in [1.54, 1.807) is 43.3 Å². The molecular formula is C31H39N3O4S. The molecule has 3 aromatic rings. The molecule has 0 saturated carbocycles. The van der Waals surface area contributed by atoms with Crippen molar-refractivity contribution in [3.63, 3.8) is 0 Å². The van der Waals surface area contributed by atoms with Gasteiger partial charge in [-0.1, -0.05) is 60.2 Å². The number of carbonyl (C=O) groups is 2. The number of nitrogens with zero attached hydrogens (tertiary/aromatic N) is 2. The Morgan fingerprint density at radius 1 is 0.846 bits per heavy atom. The smallest absolute Gasteiger partial charge is 0.264 e. The third-order valence-electron chi connectivity index (χ3n) is 6.54. The summed E-state index contributed by atoms with van der Waals surface area (Å²) in [5, 5.41) is 2.95. The molecule has 39 heavy (non-hydrogen) atoms. The molecule has 2 amide bonds. The van der Waals surface area contributed by atoms with Gasteiger partial charge in [0.1, 0.15) is 12.6 Å². The third-order valence-corrected chi connectivity index (χ3v) is 8.31. The van der Waals surface area contributed by atoms with Gasteiger partial charge in [-0.3, -0.25) is 13.9 Å². The molecule has 3 aromatic carbocycles. The summed E-state index contributed by atoms with van der Waals surface area (Å²) in [6, 6.07) is 20.4. The Labute approximate surface area is 232 Å². The van der Waals surface area contributed by atoms with E-state index in [1.807, 2.05) is 77.9 Å². The van der Waals surface area contributed by atoms with E-state index in [4.69, 9.17) is 0 Å². The molecule has 1 atom stereocenters. The highest BCUT2D eigenvalue weighted by atomic mass is 32.2. The van der Waals surface area contributed by atoms with Gasteiger partial charge in [0.05, 0.1) is 10.6 Å². The van der Waals surface area contributed by atoms with Crippen LogP contribution in [0.4, 0.5) is 5.69 Å². The zero-order valence-electron chi connectivity index (χ0n) is 23.9. The highest BCUT2D eigenvalue weighted by Gasteiger charge is 2.34. The molecule has 8 heteroatoms. The van der Waals surface area contributed by atoms with Crippen molar-refractivity contribution in [2.45, 2.75) is 71.5 Å². The van der Waals surface area contributed by atoms with Gasteiger partial charge in [-0.15, -0.1) is 0 Å². The van der Waals surface area contributed by atoms with Crippen molar-refractivity contribution in [1.82, 2.24) is 10.2 Å². The molecule has 0 unspecified atom stereocenters. The number of benzene rings is 3. The first-order valence-electron chi connectivity index (χ1n) is 13.0. The maximum absolute atomic E-state index is 14.0. The van der Waals surface area contributed by atoms with E-state index >= 15 is 0 Å². The number of hydrogen-bond donors (Lipinski definition) is 1. The minimum absolute atomic E-state index is 0.0909. The minimum atomic E-state index is -4.09. The van der Waals surface area contributed by atoms with Crippen LogP contribution in [-0.4, -0.2) is 43.3 Å². The van der Waals surface area contributed by atoms with Crippen LogP contribution in [0.3, 0.4) is 0 Å². The zero-order chi connectivity index (χ0) is 29.0. The highest BCUT2D eigenvalue weighted by Crippen LogP contribution is 2.27. The number of anilines is 1. The number of sulfonamides is 1. The topological polar surface area (TPSA) is 86.8 Å². The number of rotatable bonds is 9. The quantitative estimate of drug-likeness (QED) is 0.401. The van der Waals surface area contributed by atoms with E-state index in [2.05, 4.69) is 5.32 Å². The summed E-state index contributed by atoms with van der Waals surface area (Å²) < 4.78 is 29.0. The van der Waals surface area contributed by atoms with Crippen LogP contribution in [0.1, 0.15) is 49.9 Å². The van der Waals surface area contributed by atoms with E-state index in [0.717, 1.165) is 21.0 Å². The monoisotopic (exact) mass is 549 g/mol. The van der Waals surface area contributed by atoms with Gasteiger partial charge in [0.15, 0.2) is 0 Å². The second kappa shape index (κ2) is 12.0. The van der Waals surface area contributed by atoms with Crippen molar-refractivity contribution < 1.29 is 18.0 Å². The maximum atomic E-state index is 14.0. The van der Waals surface area contributed by atoms with Crippen molar-refractivity contribution in [2.75, 3.05) is 10.8 Å². The van der Waals surface area contributed by atoms with Gasteiger partial charge in [0, 0.05) is 12.1 Å². The Morgan fingerprint density at radius 3 is 1.97 bits per heavy atom. The lowest BCUT2D eigenvalue weighted by molar-refractivity contribution is -0.140. The van der Waals surface area contributed by atoms with Gasteiger partial charge in [-0.2, -0.15) is 0 Å². The molecule has 208 valence electrons. The van der Waals surface area contributed by atoms with Crippen LogP contribution in [-0.2, 0) is 26.2 Å². The predicted molar refractivity (Wildman–Crippen MR) is 156 cm³/mol. The van der Waals surface area contributed by atoms with Gasteiger partial charge in [0.2, 0.25) is 11.8 Å². The molecule has 0 heterocycles. The summed E-state index contributed by atoms with van der Waals surface area (Å²) in [4.78, 5) is 28.8. The Kier molecular flexibility index (Phi) is 9.22. The fraction of sp³-hybridized carbons (Fsp3) is 0.355. The van der Waals surface area contributed by atoms with Gasteiger partial charge in [-0.05, 0) is 83.4 Å². The number of para-hydroxylation sites is 1. The molecule has 0 aliphatic rings. The normalized spacial score (nSPS) is 12.5. The second-order valence-electron chi connectivity index (χ2n) is 11.0. The number of carbonyl (C=O) groups excluding carboxylic acids is 2. The number of aryl methyl sites for hydroxylation is 3. The van der Waals surface area contributed by atoms with Gasteiger partial charge >= 0.3 is 0 Å². The molecule has 0 saturated heterocycles. The molecule has 0 bridgehead atoms. The largest absolute Gasteiger partial charge is 0.350 e. The maximum Gasteiger partial charge on any atom is 0.264 e. The van der Waals surface area contributed by atoms with Crippen molar-refractivity contribution in [2.24, 2.45) is 0 Å². The highest BCUT2D eigenvalue weighted by molar-refractivity contribution is 7.92. The molecule has 0 aromatic heterocycles. The number of hydrogen-bond acceptors (Lipinski definition) is 4. The summed E-state index contributed by atoms with van der Waals surface area (Å²) in [6.45, 7) is 12.6. The first-order valence-corrected chi connectivity index (χ1v) is 14.5. The van der Waals surface area contributed by atoms with Crippen LogP contribution >= 0.6 is 0 Å². The summed E-state index contributed by atoms with van der Waals surface area (Å²) >= 11 is 0. The SMILES string of the molecule is Cc1ccc(S(=O)(=O)N(CC(=O)N(Cc2ccccc2C)[C@H](C)C(=O)NC(C)(C)C)c2ccccc2C)cc1. The fourth-order valence-electron chi connectivity index (χ4n) is 4.22. The molecule has 0 radical (unpaired) electrons. The first kappa shape index (κ1) is 29.9. The lowest BCUT2D eigenvalue weighted by atomic mass is 10.1. The van der Waals surface area contributed by atoms with E-state index in [9.17, 15) is 18.0 Å². The van der Waals surface area contributed by atoms with E-state index < -0.39 is 34.1 Å². The molecule has 1 N–H and O–H groups in total. The standard InChI is InChI=1S/C31H39N3O4S/c1-22-16-18-27(19-17-22)39(37,38)34(28-15-11-9-13-24(28)3)21-29(35)33(20-26-14-10-8-12-23(26)2)25(4)30(36)32-31(5,6)7/h8-19,25H,20-21H2,1-7H3,(H,32,36)/t25-/m1/s1. The van der Waals surface area contributed by atoms with Crippen LogP contribution in [0.2, 0.25) is 0 Å². The van der Waals surface area contributed by atoms with Crippen LogP contribution < -0.4 is 9.62 Å². The van der Waals surface area contributed by atoms with Crippen LogP contribution in [0, 0.1) is 20.8 Å². The van der Waals surface area contributed by atoms with Crippen molar-refractivity contribution in [3.8, 4) is 0 Å². The van der Waals surface area contributed by atoms with Gasteiger partial charge in [-0.25, -0.2) is 8.42 Å². The molecule has 7 nitrogen and oxygen atoms in total. The van der Waals surface area contributed by atoms with E-state index in [0.29, 0.717) is 11.3 Å². The van der Waals surface area contributed by atoms with Crippen molar-refractivity contribution in [3.05, 3.63) is 95.1 Å². The van der Waals surface area contributed by atoms with Crippen LogP contribution in [0.25, 0.3) is 0 Å². The Morgan fingerprint density at radius 2 is 1.41 bits per heavy atom. The predicted octanol–water partition coefficient (Wildman–Crippen LogP) is 5.14. The second-order valence-corrected chi connectivity index (χ2v) is 12.8. The zero-order valence-corrected chi connectivity index (χ0v) is 24.7. The molecule has 0 fully saturated rings. The van der Waals surface area contributed by atoms with Crippen LogP contribution in [0.15, 0.2) is 77.7 Å². The fourth-order valence-corrected chi connectivity index (χ4v) is 5.70. The van der Waals surface area contributed by atoms with Gasteiger partial charge in [0.25, 0.3) is 10.0 Å². The van der Waals surface area contributed by atoms with E-state index in [1.165, 1.54) is 4.90 Å². The number of nitrogens with one attached hydrogen (secondary N) is 1. The summed E-state index contributed by atoms with van der Waals surface area (Å²) in [7, 11) is -4.09. The molecule has 0 aliphatic carbocycles. The van der Waals surface area contributed by atoms with Crippen molar-refractivity contribution >= 4 is 27.5 Å². The Hall–Kier alpha value is -3.65. The molecule has 3 rings (SSSR count). The minimum Gasteiger partial charge on any atom is -0.350 e. The summed E-state index contributed by atoms with van der Waals surface area (Å²) in [5.41, 5.74) is 3.41. The van der Waals surface area contributed by atoms with Gasteiger partial charge < -0.3 is 10.2 Å². The van der Waals surface area contributed by atoms with Crippen LogP contribution in [0.5, 0.6) is 0 Å². The third kappa shape index (κ3) is 7.47.